The molecular formula is C25H28N4O4S. The number of aryl methyl sites for hydroxylation is 2. The van der Waals surface area contributed by atoms with Crippen molar-refractivity contribution < 1.29 is 13.3 Å². The topological polar surface area (TPSA) is 114 Å². The molecule has 0 amide bonds. The molecule has 178 valence electrons. The maximum Gasteiger partial charge on any atom is 0.295 e. The molecule has 8 nitrogen and oxygen atoms in total. The van der Waals surface area contributed by atoms with Crippen molar-refractivity contribution in [1.82, 2.24) is 0 Å². The molecule has 0 atom stereocenters. The third-order valence-corrected chi connectivity index (χ3v) is 6.64. The zero-order chi connectivity index (χ0) is 25.1. The second-order valence-electron chi connectivity index (χ2n) is 9.10. The Hall–Kier alpha value is -3.72. The van der Waals surface area contributed by atoms with Crippen LogP contribution < -0.4 is 10.1 Å². The molecule has 0 saturated carbocycles. The van der Waals surface area contributed by atoms with E-state index < -0.39 is 20.6 Å². The summed E-state index contributed by atoms with van der Waals surface area (Å²) in [5, 5.41) is 15.7. The Morgan fingerprint density at radius 1 is 0.941 bits per heavy atom. The van der Waals surface area contributed by atoms with Gasteiger partial charge >= 0.3 is 0 Å². The van der Waals surface area contributed by atoms with Gasteiger partial charge in [-0.1, -0.05) is 62.7 Å². The van der Waals surface area contributed by atoms with Gasteiger partial charge in [-0.15, -0.1) is 0 Å². The summed E-state index contributed by atoms with van der Waals surface area (Å²) in [6.45, 7) is 10.1. The summed E-state index contributed by atoms with van der Waals surface area (Å²) in [4.78, 5) is 10.8. The highest BCUT2D eigenvalue weighted by atomic mass is 32.2. The zero-order valence-electron chi connectivity index (χ0n) is 19.8. The fraction of sp³-hybridized carbons (Fsp3) is 0.240. The number of nitro benzene ring substituents is 1. The molecule has 0 fully saturated rings. The van der Waals surface area contributed by atoms with Crippen LogP contribution in [0.15, 0.2) is 70.7 Å². The molecule has 0 saturated heterocycles. The van der Waals surface area contributed by atoms with Crippen molar-refractivity contribution in [3.63, 3.8) is 0 Å². The van der Waals surface area contributed by atoms with Crippen LogP contribution in [0.4, 0.5) is 17.1 Å². The lowest BCUT2D eigenvalue weighted by molar-refractivity contribution is -0.384. The summed E-state index contributed by atoms with van der Waals surface area (Å²) in [6, 6.07) is 16.8. The average Bonchev–Trinajstić information content (AvgIpc) is 2.75. The molecular weight excluding hydrogens is 452 g/mol. The highest BCUT2D eigenvalue weighted by molar-refractivity contribution is 7.92. The van der Waals surface area contributed by atoms with Gasteiger partial charge in [0, 0.05) is 6.07 Å². The molecule has 0 aliphatic carbocycles. The lowest BCUT2D eigenvalue weighted by Crippen LogP contribution is -2.14. The Labute approximate surface area is 199 Å². The molecule has 0 aliphatic heterocycles. The van der Waals surface area contributed by atoms with Crippen molar-refractivity contribution in [2.24, 2.45) is 5.10 Å². The Morgan fingerprint density at radius 3 is 2.18 bits per heavy atom. The SMILES string of the molecule is Cc1ccc(NS(=O)(=O)c2ccc(NN=Cc3ccc(C(C)(C)C)cc3)c([N+](=O)[O-])c2)c(C)c1. The summed E-state index contributed by atoms with van der Waals surface area (Å²) < 4.78 is 28.2. The van der Waals surface area contributed by atoms with Gasteiger partial charge in [0.15, 0.2) is 0 Å². The van der Waals surface area contributed by atoms with E-state index in [1.165, 1.54) is 17.7 Å². The van der Waals surface area contributed by atoms with Crippen molar-refractivity contribution in [2.75, 3.05) is 10.1 Å². The third-order valence-electron chi connectivity index (χ3n) is 5.28. The van der Waals surface area contributed by atoms with Crippen LogP contribution in [-0.4, -0.2) is 19.6 Å². The van der Waals surface area contributed by atoms with E-state index in [9.17, 15) is 18.5 Å². The molecule has 0 aliphatic rings. The van der Waals surface area contributed by atoms with Gasteiger partial charge in [0.1, 0.15) is 5.69 Å². The number of hydrazone groups is 1. The lowest BCUT2D eigenvalue weighted by Gasteiger charge is -2.18. The molecule has 0 aromatic heterocycles. The van der Waals surface area contributed by atoms with Crippen LogP contribution in [0, 0.1) is 24.0 Å². The highest BCUT2D eigenvalue weighted by Gasteiger charge is 2.22. The second-order valence-corrected chi connectivity index (χ2v) is 10.8. The molecule has 9 heteroatoms. The maximum atomic E-state index is 12.8. The number of sulfonamides is 1. The van der Waals surface area contributed by atoms with Gasteiger partial charge < -0.3 is 0 Å². The Bertz CT molecular complexity index is 1340. The van der Waals surface area contributed by atoms with Crippen molar-refractivity contribution in [3.05, 3.63) is 93.0 Å². The number of hydrogen-bond donors (Lipinski definition) is 2. The Kier molecular flexibility index (Phi) is 7.07. The summed E-state index contributed by atoms with van der Waals surface area (Å²) in [7, 11) is -4.02. The smallest absolute Gasteiger partial charge is 0.279 e. The van der Waals surface area contributed by atoms with Gasteiger partial charge in [-0.2, -0.15) is 5.10 Å². The summed E-state index contributed by atoms with van der Waals surface area (Å²) in [6.07, 6.45) is 1.54. The standard InChI is InChI=1S/C25H28N4O4S/c1-17-6-12-22(18(2)14-17)28-34(32,33)21-11-13-23(24(15-21)29(30)31)27-26-16-19-7-9-20(10-8-19)25(3,4)5/h6-16,27-28H,1-5H3. The van der Waals surface area contributed by atoms with Gasteiger partial charge in [0.25, 0.3) is 15.7 Å². The largest absolute Gasteiger partial charge is 0.295 e. The molecule has 0 heterocycles. The Morgan fingerprint density at radius 2 is 1.59 bits per heavy atom. The number of nitrogens with zero attached hydrogens (tertiary/aromatic N) is 2. The number of anilines is 2. The summed E-state index contributed by atoms with van der Waals surface area (Å²) in [5.74, 6) is 0. The molecule has 0 unspecified atom stereocenters. The minimum absolute atomic E-state index is 0.0314. The van der Waals surface area contributed by atoms with Crippen LogP contribution in [-0.2, 0) is 15.4 Å². The molecule has 0 spiro atoms. The van der Waals surface area contributed by atoms with E-state index in [1.54, 1.807) is 25.3 Å². The van der Waals surface area contributed by atoms with Crippen LogP contribution in [0.5, 0.6) is 0 Å². The van der Waals surface area contributed by atoms with E-state index in [0.717, 1.165) is 22.8 Å². The molecule has 34 heavy (non-hydrogen) atoms. The predicted octanol–water partition coefficient (Wildman–Crippen LogP) is 5.76. The molecule has 3 rings (SSSR count). The van der Waals surface area contributed by atoms with Crippen LogP contribution in [0.1, 0.15) is 43.0 Å². The monoisotopic (exact) mass is 480 g/mol. The zero-order valence-corrected chi connectivity index (χ0v) is 20.6. The van der Waals surface area contributed by atoms with E-state index in [0.29, 0.717) is 5.69 Å². The van der Waals surface area contributed by atoms with Gasteiger partial charge in [0.05, 0.1) is 21.7 Å². The van der Waals surface area contributed by atoms with E-state index in [4.69, 9.17) is 0 Å². The second kappa shape index (κ2) is 9.64. The first-order valence-corrected chi connectivity index (χ1v) is 12.1. The molecule has 2 N–H and O–H groups in total. The quantitative estimate of drug-likeness (QED) is 0.254. The summed E-state index contributed by atoms with van der Waals surface area (Å²) >= 11 is 0. The first kappa shape index (κ1) is 24.9. The minimum atomic E-state index is -4.02. The number of rotatable bonds is 7. The van der Waals surface area contributed by atoms with Crippen LogP contribution in [0.3, 0.4) is 0 Å². The molecule has 0 bridgehead atoms. The van der Waals surface area contributed by atoms with Crippen molar-refractivity contribution in [1.29, 1.82) is 0 Å². The van der Waals surface area contributed by atoms with Crippen LogP contribution in [0.25, 0.3) is 0 Å². The van der Waals surface area contributed by atoms with Gasteiger partial charge in [-0.05, 0) is 54.2 Å². The van der Waals surface area contributed by atoms with E-state index in [-0.39, 0.29) is 16.0 Å². The Balaban J connectivity index is 1.81. The van der Waals surface area contributed by atoms with E-state index in [1.807, 2.05) is 37.3 Å². The number of hydrogen-bond acceptors (Lipinski definition) is 6. The number of nitrogens with one attached hydrogen (secondary N) is 2. The summed E-state index contributed by atoms with van der Waals surface area (Å²) in [5.41, 5.74) is 6.52. The molecule has 0 radical (unpaired) electrons. The van der Waals surface area contributed by atoms with Crippen LogP contribution >= 0.6 is 0 Å². The lowest BCUT2D eigenvalue weighted by atomic mass is 9.87. The minimum Gasteiger partial charge on any atom is -0.279 e. The van der Waals surface area contributed by atoms with E-state index in [2.05, 4.69) is 36.0 Å². The first-order valence-electron chi connectivity index (χ1n) is 10.6. The first-order chi connectivity index (χ1) is 15.9. The fourth-order valence-electron chi connectivity index (χ4n) is 3.30. The molecule has 3 aromatic rings. The maximum absolute atomic E-state index is 12.8. The van der Waals surface area contributed by atoms with Crippen molar-refractivity contribution in [3.8, 4) is 0 Å². The highest BCUT2D eigenvalue weighted by Crippen LogP contribution is 2.29. The fourth-order valence-corrected chi connectivity index (χ4v) is 4.45. The molecule has 3 aromatic carbocycles. The third kappa shape index (κ3) is 5.99. The average molecular weight is 481 g/mol. The van der Waals surface area contributed by atoms with Gasteiger partial charge in [-0.3, -0.25) is 20.3 Å². The number of nitro groups is 1. The van der Waals surface area contributed by atoms with Crippen LogP contribution in [0.2, 0.25) is 0 Å². The van der Waals surface area contributed by atoms with Gasteiger partial charge in [0.2, 0.25) is 0 Å². The van der Waals surface area contributed by atoms with Crippen molar-refractivity contribution >= 4 is 33.3 Å². The number of benzene rings is 3. The normalized spacial score (nSPS) is 12.0. The van der Waals surface area contributed by atoms with Crippen molar-refractivity contribution in [2.45, 2.75) is 44.9 Å². The van der Waals surface area contributed by atoms with E-state index >= 15 is 0 Å². The van der Waals surface area contributed by atoms with Gasteiger partial charge in [-0.25, -0.2) is 8.42 Å². The predicted molar refractivity (Wildman–Crippen MR) is 136 cm³/mol.